The molecular formula is C23H19ClN2O3. The average molecular weight is 407 g/mol. The largest absolute Gasteiger partial charge is 0.391 e. The second-order valence-electron chi connectivity index (χ2n) is 8.44. The maximum Gasteiger partial charge on any atom is 0.233 e. The molecule has 6 atom stereocenters. The van der Waals surface area contributed by atoms with E-state index in [1.165, 1.54) is 4.90 Å². The zero-order chi connectivity index (χ0) is 19.7. The number of carbonyl (C=O) groups is 2. The van der Waals surface area contributed by atoms with Crippen molar-refractivity contribution in [2.45, 2.75) is 19.1 Å². The van der Waals surface area contributed by atoms with Gasteiger partial charge in [-0.15, -0.1) is 0 Å². The smallest absolute Gasteiger partial charge is 0.233 e. The molecule has 2 amide bonds. The molecule has 29 heavy (non-hydrogen) atoms. The first-order valence-electron chi connectivity index (χ1n) is 10.0. The molecule has 6 rings (SSSR count). The normalized spacial score (nSPS) is 34.2. The summed E-state index contributed by atoms with van der Waals surface area (Å²) in [6, 6.07) is 17.3. The van der Waals surface area contributed by atoms with Crippen molar-refractivity contribution in [1.82, 2.24) is 4.90 Å². The Balaban J connectivity index is 1.30. The first-order valence-corrected chi connectivity index (χ1v) is 10.4. The lowest BCUT2D eigenvalue weighted by atomic mass is 9.71. The van der Waals surface area contributed by atoms with Gasteiger partial charge in [-0.3, -0.25) is 14.5 Å². The predicted octanol–water partition coefficient (Wildman–Crippen LogP) is 3.51. The second-order valence-corrected chi connectivity index (χ2v) is 8.88. The summed E-state index contributed by atoms with van der Waals surface area (Å²) in [5, 5.41) is 5.03. The number of nitrogens with zero attached hydrogens (tertiary/aromatic N) is 2. The molecule has 5 nitrogen and oxygen atoms in total. The van der Waals surface area contributed by atoms with E-state index in [-0.39, 0.29) is 47.5 Å². The Bertz CT molecular complexity index is 1040. The first kappa shape index (κ1) is 17.2. The van der Waals surface area contributed by atoms with Crippen LogP contribution in [0.3, 0.4) is 0 Å². The number of oxime groups is 1. The van der Waals surface area contributed by atoms with Crippen LogP contribution in [0.25, 0.3) is 0 Å². The third-order valence-corrected chi connectivity index (χ3v) is 7.36. The standard InChI is InChI=1S/C23H19ClN2O3/c24-14-8-6-13(7-9-14)20-19-15-10-16(21(19)29-25-20)18-17(15)22(27)26(23(18)28)11-12-4-2-1-3-5-12/h1-9,15-19,21H,10-11H2/t15-,16+,17-,18+,19-,21-/m1/s1. The van der Waals surface area contributed by atoms with Crippen molar-refractivity contribution in [2.75, 3.05) is 0 Å². The molecule has 6 heteroatoms. The Hall–Kier alpha value is -2.66. The number of carbonyl (C=O) groups excluding carboxylic acids is 2. The quantitative estimate of drug-likeness (QED) is 0.733. The van der Waals surface area contributed by atoms with Gasteiger partial charge < -0.3 is 4.84 Å². The molecule has 0 radical (unpaired) electrons. The zero-order valence-corrected chi connectivity index (χ0v) is 16.3. The van der Waals surface area contributed by atoms with Gasteiger partial charge in [-0.05, 0) is 35.6 Å². The Morgan fingerprint density at radius 2 is 1.62 bits per heavy atom. The Labute approximate surface area is 173 Å². The van der Waals surface area contributed by atoms with Crippen LogP contribution in [-0.2, 0) is 21.0 Å². The molecule has 0 aromatic heterocycles. The molecule has 0 spiro atoms. The molecule has 2 aromatic carbocycles. The van der Waals surface area contributed by atoms with E-state index in [0.717, 1.165) is 23.3 Å². The van der Waals surface area contributed by atoms with Gasteiger partial charge >= 0.3 is 0 Å². The van der Waals surface area contributed by atoms with E-state index in [9.17, 15) is 9.59 Å². The highest BCUT2D eigenvalue weighted by Gasteiger charge is 2.70. The summed E-state index contributed by atoms with van der Waals surface area (Å²) in [7, 11) is 0. The van der Waals surface area contributed by atoms with Gasteiger partial charge in [-0.2, -0.15) is 0 Å². The highest BCUT2D eigenvalue weighted by molar-refractivity contribution is 6.30. The van der Waals surface area contributed by atoms with E-state index in [0.29, 0.717) is 11.6 Å². The number of halogens is 1. The number of rotatable bonds is 3. The van der Waals surface area contributed by atoms with Gasteiger partial charge in [0.05, 0.1) is 24.1 Å². The van der Waals surface area contributed by atoms with Crippen LogP contribution in [0.15, 0.2) is 59.8 Å². The monoisotopic (exact) mass is 406 g/mol. The molecule has 3 fully saturated rings. The predicted molar refractivity (Wildman–Crippen MR) is 107 cm³/mol. The maximum absolute atomic E-state index is 13.3. The van der Waals surface area contributed by atoms with Crippen molar-refractivity contribution < 1.29 is 14.4 Å². The Kier molecular flexibility index (Phi) is 3.66. The first-order chi connectivity index (χ1) is 14.1. The lowest BCUT2D eigenvalue weighted by Crippen LogP contribution is -2.41. The van der Waals surface area contributed by atoms with Crippen molar-refractivity contribution >= 4 is 29.1 Å². The average Bonchev–Trinajstić information content (AvgIpc) is 3.47. The van der Waals surface area contributed by atoms with Crippen molar-refractivity contribution in [2.24, 2.45) is 34.7 Å². The lowest BCUT2D eigenvalue weighted by Gasteiger charge is -2.29. The van der Waals surface area contributed by atoms with Gasteiger partial charge in [0.15, 0.2) is 0 Å². The minimum Gasteiger partial charge on any atom is -0.391 e. The summed E-state index contributed by atoms with van der Waals surface area (Å²) >= 11 is 6.02. The summed E-state index contributed by atoms with van der Waals surface area (Å²) in [5.41, 5.74) is 2.84. The Morgan fingerprint density at radius 1 is 0.931 bits per heavy atom. The minimum atomic E-state index is -0.266. The summed E-state index contributed by atoms with van der Waals surface area (Å²) in [4.78, 5) is 33.7. The molecule has 1 saturated heterocycles. The number of hydrogen-bond acceptors (Lipinski definition) is 4. The van der Waals surface area contributed by atoms with Crippen LogP contribution in [0.5, 0.6) is 0 Å². The number of likely N-dealkylation sites (tertiary alicyclic amines) is 1. The summed E-state index contributed by atoms with van der Waals surface area (Å²) in [5.74, 6) is -0.370. The summed E-state index contributed by atoms with van der Waals surface area (Å²) in [6.07, 6.45) is 0.744. The number of imide groups is 1. The van der Waals surface area contributed by atoms with Crippen molar-refractivity contribution in [3.05, 3.63) is 70.7 Å². The molecule has 146 valence electrons. The zero-order valence-electron chi connectivity index (χ0n) is 15.6. The maximum atomic E-state index is 13.3. The van der Waals surface area contributed by atoms with Crippen LogP contribution in [0, 0.1) is 29.6 Å². The molecule has 4 aliphatic rings. The van der Waals surface area contributed by atoms with Gasteiger partial charge in [0.1, 0.15) is 6.10 Å². The molecule has 2 aliphatic heterocycles. The summed E-state index contributed by atoms with van der Waals surface area (Å²) < 4.78 is 0. The highest BCUT2D eigenvalue weighted by atomic mass is 35.5. The number of fused-ring (bicyclic) bond motifs is 8. The van der Waals surface area contributed by atoms with Crippen LogP contribution in [0.4, 0.5) is 0 Å². The number of amides is 2. The van der Waals surface area contributed by atoms with Crippen molar-refractivity contribution in [3.8, 4) is 0 Å². The topological polar surface area (TPSA) is 59.0 Å². The van der Waals surface area contributed by atoms with Gasteiger partial charge in [-0.1, -0.05) is 59.2 Å². The van der Waals surface area contributed by atoms with Gasteiger partial charge in [0, 0.05) is 16.9 Å². The second kappa shape index (κ2) is 6.17. The minimum absolute atomic E-state index is 0.0304. The van der Waals surface area contributed by atoms with Crippen molar-refractivity contribution in [1.29, 1.82) is 0 Å². The molecule has 2 aromatic rings. The van der Waals surface area contributed by atoms with E-state index in [4.69, 9.17) is 16.4 Å². The van der Waals surface area contributed by atoms with Crippen LogP contribution >= 0.6 is 11.6 Å². The summed E-state index contributed by atoms with van der Waals surface area (Å²) in [6.45, 7) is 0.346. The van der Waals surface area contributed by atoms with E-state index < -0.39 is 0 Å². The van der Waals surface area contributed by atoms with E-state index in [1.54, 1.807) is 0 Å². The van der Waals surface area contributed by atoms with Gasteiger partial charge in [0.25, 0.3) is 0 Å². The molecule has 0 unspecified atom stereocenters. The SMILES string of the molecule is O=C1[C@@H]2[C@H]3C[C@H]([C@H]4ON=C(c5ccc(Cl)cc5)[C@@H]34)[C@@H]2C(=O)N1Cc1ccccc1. The fraction of sp³-hybridized carbons (Fsp3) is 0.348. The van der Waals surface area contributed by atoms with Crippen LogP contribution in [0.2, 0.25) is 5.02 Å². The molecule has 2 bridgehead atoms. The van der Waals surface area contributed by atoms with Gasteiger partial charge in [-0.25, -0.2) is 0 Å². The van der Waals surface area contributed by atoms with E-state index in [2.05, 4.69) is 5.16 Å². The fourth-order valence-electron chi connectivity index (χ4n) is 5.97. The van der Waals surface area contributed by atoms with E-state index >= 15 is 0 Å². The van der Waals surface area contributed by atoms with Crippen molar-refractivity contribution in [3.63, 3.8) is 0 Å². The van der Waals surface area contributed by atoms with Gasteiger partial charge in [0.2, 0.25) is 11.8 Å². The van der Waals surface area contributed by atoms with Crippen LogP contribution in [0.1, 0.15) is 17.5 Å². The van der Waals surface area contributed by atoms with Crippen LogP contribution < -0.4 is 0 Å². The third kappa shape index (κ3) is 2.37. The lowest BCUT2D eigenvalue weighted by molar-refractivity contribution is -0.141. The molecular weight excluding hydrogens is 388 g/mol. The molecule has 2 aliphatic carbocycles. The molecule has 2 saturated carbocycles. The molecule has 0 N–H and O–H groups in total. The molecule has 2 heterocycles. The Morgan fingerprint density at radius 3 is 2.34 bits per heavy atom. The number of hydrogen-bond donors (Lipinski definition) is 0. The number of benzene rings is 2. The third-order valence-electron chi connectivity index (χ3n) is 7.11. The highest BCUT2D eigenvalue weighted by Crippen LogP contribution is 2.61. The fourth-order valence-corrected chi connectivity index (χ4v) is 6.09. The van der Waals surface area contributed by atoms with Crippen LogP contribution in [-0.4, -0.2) is 28.5 Å². The van der Waals surface area contributed by atoms with E-state index in [1.807, 2.05) is 54.6 Å².